The summed E-state index contributed by atoms with van der Waals surface area (Å²) in [5.41, 5.74) is 4.93. The molecular weight excluding hydrogens is 262 g/mol. The molecule has 0 spiro atoms. The van der Waals surface area contributed by atoms with Crippen molar-refractivity contribution in [2.24, 2.45) is 7.05 Å². The zero-order chi connectivity index (χ0) is 15.4. The van der Waals surface area contributed by atoms with Crippen molar-refractivity contribution in [1.29, 1.82) is 0 Å². The first-order valence-corrected chi connectivity index (χ1v) is 7.81. The molecule has 0 aliphatic carbocycles. The number of hydrogen-bond donors (Lipinski definition) is 1. The number of hydrogen-bond acceptors (Lipinski definition) is 3. The van der Waals surface area contributed by atoms with Gasteiger partial charge in [0.1, 0.15) is 0 Å². The van der Waals surface area contributed by atoms with E-state index in [1.165, 1.54) is 16.8 Å². The molecular formula is C16H27N5. The van der Waals surface area contributed by atoms with Gasteiger partial charge in [-0.25, -0.2) is 0 Å². The molecule has 0 aliphatic heterocycles. The minimum Gasteiger partial charge on any atom is -0.310 e. The molecule has 1 N–H and O–H groups in total. The Morgan fingerprint density at radius 3 is 2.62 bits per heavy atom. The van der Waals surface area contributed by atoms with Crippen LogP contribution in [-0.4, -0.2) is 26.1 Å². The molecule has 0 amide bonds. The fourth-order valence-corrected chi connectivity index (χ4v) is 2.86. The van der Waals surface area contributed by atoms with E-state index >= 15 is 0 Å². The van der Waals surface area contributed by atoms with Gasteiger partial charge in [0.05, 0.1) is 18.4 Å². The molecule has 0 radical (unpaired) electrons. The molecule has 2 heterocycles. The molecule has 0 saturated heterocycles. The highest BCUT2D eigenvalue weighted by molar-refractivity contribution is 5.29. The van der Waals surface area contributed by atoms with E-state index in [9.17, 15) is 0 Å². The molecule has 0 bridgehead atoms. The highest BCUT2D eigenvalue weighted by Crippen LogP contribution is 2.24. The largest absolute Gasteiger partial charge is 0.310 e. The van der Waals surface area contributed by atoms with E-state index in [4.69, 9.17) is 5.10 Å². The number of aromatic nitrogens is 4. The lowest BCUT2D eigenvalue weighted by molar-refractivity contribution is 0.513. The average Bonchev–Trinajstić information content (AvgIpc) is 2.97. The van der Waals surface area contributed by atoms with Gasteiger partial charge in [-0.1, -0.05) is 13.8 Å². The maximum Gasteiger partial charge on any atom is 0.0693 e. The Morgan fingerprint density at radius 1 is 1.29 bits per heavy atom. The Hall–Kier alpha value is -1.62. The lowest BCUT2D eigenvalue weighted by atomic mass is 10.0. The van der Waals surface area contributed by atoms with E-state index in [1.807, 2.05) is 24.1 Å². The SMILES string of the molecule is CCCNC(CC)c1c(C)nn(Cc2cnn(C)c2)c1C. The molecule has 0 aliphatic rings. The van der Waals surface area contributed by atoms with Gasteiger partial charge >= 0.3 is 0 Å². The topological polar surface area (TPSA) is 47.7 Å². The fraction of sp³-hybridized carbons (Fsp3) is 0.625. The van der Waals surface area contributed by atoms with Crippen molar-refractivity contribution >= 4 is 0 Å². The fourth-order valence-electron chi connectivity index (χ4n) is 2.86. The summed E-state index contributed by atoms with van der Waals surface area (Å²) < 4.78 is 3.93. The second kappa shape index (κ2) is 6.89. The molecule has 21 heavy (non-hydrogen) atoms. The van der Waals surface area contributed by atoms with Crippen LogP contribution in [0.25, 0.3) is 0 Å². The summed E-state index contributed by atoms with van der Waals surface area (Å²) in [4.78, 5) is 0. The van der Waals surface area contributed by atoms with E-state index in [1.54, 1.807) is 0 Å². The van der Waals surface area contributed by atoms with Gasteiger partial charge in [-0.3, -0.25) is 9.36 Å². The highest BCUT2D eigenvalue weighted by atomic mass is 15.3. The van der Waals surface area contributed by atoms with Crippen molar-refractivity contribution < 1.29 is 0 Å². The molecule has 116 valence electrons. The average molecular weight is 289 g/mol. The first kappa shape index (κ1) is 15.8. The van der Waals surface area contributed by atoms with Crippen LogP contribution in [0.1, 0.15) is 55.2 Å². The molecule has 5 heteroatoms. The summed E-state index contributed by atoms with van der Waals surface area (Å²) in [6.07, 6.45) is 6.18. The van der Waals surface area contributed by atoms with E-state index in [0.717, 1.165) is 31.6 Å². The lowest BCUT2D eigenvalue weighted by Crippen LogP contribution is -2.22. The quantitative estimate of drug-likeness (QED) is 0.852. The van der Waals surface area contributed by atoms with Gasteiger partial charge in [0.15, 0.2) is 0 Å². The summed E-state index contributed by atoms with van der Waals surface area (Å²) in [5.74, 6) is 0. The van der Waals surface area contributed by atoms with Gasteiger partial charge in [-0.05, 0) is 33.2 Å². The van der Waals surface area contributed by atoms with E-state index in [-0.39, 0.29) is 0 Å². The third-order valence-electron chi connectivity index (χ3n) is 3.93. The molecule has 5 nitrogen and oxygen atoms in total. The van der Waals surface area contributed by atoms with Gasteiger partial charge in [-0.15, -0.1) is 0 Å². The van der Waals surface area contributed by atoms with Crippen molar-refractivity contribution in [3.05, 3.63) is 34.9 Å². The lowest BCUT2D eigenvalue weighted by Gasteiger charge is -2.17. The van der Waals surface area contributed by atoms with Gasteiger partial charge in [0, 0.05) is 36.1 Å². The minimum absolute atomic E-state index is 0.396. The molecule has 1 atom stereocenters. The van der Waals surface area contributed by atoms with Gasteiger partial charge in [0.2, 0.25) is 0 Å². The van der Waals surface area contributed by atoms with Crippen LogP contribution < -0.4 is 5.32 Å². The van der Waals surface area contributed by atoms with Crippen molar-refractivity contribution in [2.75, 3.05) is 6.54 Å². The van der Waals surface area contributed by atoms with Crippen LogP contribution in [-0.2, 0) is 13.6 Å². The van der Waals surface area contributed by atoms with E-state index < -0.39 is 0 Å². The minimum atomic E-state index is 0.396. The van der Waals surface area contributed by atoms with Gasteiger partial charge in [0.25, 0.3) is 0 Å². The third-order valence-corrected chi connectivity index (χ3v) is 3.93. The number of aryl methyl sites for hydroxylation is 2. The molecule has 2 rings (SSSR count). The van der Waals surface area contributed by atoms with Crippen LogP contribution in [0.4, 0.5) is 0 Å². The highest BCUT2D eigenvalue weighted by Gasteiger charge is 2.19. The first-order valence-electron chi connectivity index (χ1n) is 7.81. The van der Waals surface area contributed by atoms with Crippen molar-refractivity contribution in [3.63, 3.8) is 0 Å². The Labute approximate surface area is 127 Å². The molecule has 0 fully saturated rings. The third kappa shape index (κ3) is 3.53. The summed E-state index contributed by atoms with van der Waals surface area (Å²) in [7, 11) is 1.94. The van der Waals surface area contributed by atoms with Crippen LogP contribution in [0, 0.1) is 13.8 Å². The van der Waals surface area contributed by atoms with Crippen LogP contribution in [0.15, 0.2) is 12.4 Å². The molecule has 2 aromatic rings. The first-order chi connectivity index (χ1) is 10.1. The summed E-state index contributed by atoms with van der Waals surface area (Å²) in [6.45, 7) is 10.5. The Morgan fingerprint density at radius 2 is 2.05 bits per heavy atom. The second-order valence-electron chi connectivity index (χ2n) is 5.68. The smallest absolute Gasteiger partial charge is 0.0693 e. The number of nitrogens with one attached hydrogen (secondary N) is 1. The second-order valence-corrected chi connectivity index (χ2v) is 5.68. The van der Waals surface area contributed by atoms with Crippen molar-refractivity contribution in [2.45, 2.75) is 53.1 Å². The Bertz CT molecular complexity index is 582. The predicted molar refractivity (Wildman–Crippen MR) is 85.3 cm³/mol. The van der Waals surface area contributed by atoms with Gasteiger partial charge < -0.3 is 5.32 Å². The maximum absolute atomic E-state index is 4.73. The molecule has 0 aromatic carbocycles. The van der Waals surface area contributed by atoms with E-state index in [2.05, 4.69) is 42.8 Å². The number of rotatable bonds is 7. The molecule has 2 aromatic heterocycles. The van der Waals surface area contributed by atoms with Crippen molar-refractivity contribution in [3.8, 4) is 0 Å². The van der Waals surface area contributed by atoms with E-state index in [0.29, 0.717) is 6.04 Å². The summed E-state index contributed by atoms with van der Waals surface area (Å²) >= 11 is 0. The van der Waals surface area contributed by atoms with Crippen molar-refractivity contribution in [1.82, 2.24) is 24.9 Å². The summed E-state index contributed by atoms with van der Waals surface area (Å²) in [5, 5.41) is 12.6. The monoisotopic (exact) mass is 289 g/mol. The normalized spacial score (nSPS) is 12.8. The maximum atomic E-state index is 4.73. The van der Waals surface area contributed by atoms with Crippen LogP contribution in [0.3, 0.4) is 0 Å². The Balaban J connectivity index is 2.23. The molecule has 0 saturated carbocycles. The van der Waals surface area contributed by atoms with Crippen LogP contribution in [0.5, 0.6) is 0 Å². The van der Waals surface area contributed by atoms with Crippen LogP contribution in [0.2, 0.25) is 0 Å². The Kier molecular flexibility index (Phi) is 5.17. The van der Waals surface area contributed by atoms with Crippen LogP contribution >= 0.6 is 0 Å². The standard InChI is InChI=1S/C16H27N5/c1-6-8-17-15(7-2)16-12(3)19-21(13(16)4)11-14-9-18-20(5)10-14/h9-10,15,17H,6-8,11H2,1-5H3. The zero-order valence-electron chi connectivity index (χ0n) is 13.8. The predicted octanol–water partition coefficient (Wildman–Crippen LogP) is 2.73. The summed E-state index contributed by atoms with van der Waals surface area (Å²) in [6, 6.07) is 0.396. The number of nitrogens with zero attached hydrogens (tertiary/aromatic N) is 4. The van der Waals surface area contributed by atoms with Gasteiger partial charge in [-0.2, -0.15) is 10.2 Å². The zero-order valence-corrected chi connectivity index (χ0v) is 13.8. The molecule has 1 unspecified atom stereocenters.